The molecule has 1 aliphatic heterocycles. The molecule has 1 amide bonds. The van der Waals surface area contributed by atoms with Crippen LogP contribution in [0, 0.1) is 0 Å². The Kier molecular flexibility index (Phi) is 3.56. The molecule has 0 saturated carbocycles. The average molecular weight is 284 g/mol. The van der Waals surface area contributed by atoms with Crippen LogP contribution in [0.1, 0.15) is 4.88 Å². The molecule has 0 radical (unpaired) electrons. The van der Waals surface area contributed by atoms with Crippen LogP contribution < -0.4 is 4.90 Å². The number of thiocarbonyl (C=S) groups is 1. The summed E-state index contributed by atoms with van der Waals surface area (Å²) in [6.07, 6.45) is 1.90. The van der Waals surface area contributed by atoms with Crippen molar-refractivity contribution in [2.45, 2.75) is 0 Å². The number of likely N-dealkylation sites (N-methyl/N-ethyl adjacent to an activating group) is 1. The van der Waals surface area contributed by atoms with Gasteiger partial charge in [-0.2, -0.15) is 0 Å². The summed E-state index contributed by atoms with van der Waals surface area (Å²) in [4.78, 5) is 17.1. The summed E-state index contributed by atoms with van der Waals surface area (Å²) in [5, 5.41) is 1.17. The van der Waals surface area contributed by atoms with E-state index in [1.54, 1.807) is 18.4 Å². The molecule has 17 heavy (non-hydrogen) atoms. The first-order valence-corrected chi connectivity index (χ1v) is 7.02. The Bertz CT molecular complexity index is 505. The Morgan fingerprint density at radius 3 is 2.59 bits per heavy atom. The highest BCUT2D eigenvalue weighted by atomic mass is 32.2. The lowest BCUT2D eigenvalue weighted by atomic mass is 10.4. The van der Waals surface area contributed by atoms with Gasteiger partial charge in [-0.05, 0) is 18.2 Å². The molecule has 90 valence electrons. The zero-order valence-corrected chi connectivity index (χ0v) is 12.2. The normalized spacial score (nSPS) is 18.3. The first-order valence-electron chi connectivity index (χ1n) is 4.98. The number of nitrogens with zero attached hydrogens (tertiary/aromatic N) is 2. The van der Waals surface area contributed by atoms with Crippen LogP contribution >= 0.6 is 35.3 Å². The van der Waals surface area contributed by atoms with Gasteiger partial charge in [0.1, 0.15) is 4.32 Å². The zero-order chi connectivity index (χ0) is 12.6. The maximum Gasteiger partial charge on any atom is 0.265 e. The fourth-order valence-electron chi connectivity index (χ4n) is 1.33. The lowest BCUT2D eigenvalue weighted by Gasteiger charge is -2.06. The zero-order valence-electron chi connectivity index (χ0n) is 9.76. The maximum atomic E-state index is 11.8. The molecule has 0 aliphatic carbocycles. The Morgan fingerprint density at radius 1 is 1.41 bits per heavy atom. The topological polar surface area (TPSA) is 23.6 Å². The van der Waals surface area contributed by atoms with Gasteiger partial charge >= 0.3 is 0 Å². The summed E-state index contributed by atoms with van der Waals surface area (Å²) < 4.78 is 0.616. The van der Waals surface area contributed by atoms with Crippen molar-refractivity contribution >= 4 is 56.6 Å². The summed E-state index contributed by atoms with van der Waals surface area (Å²) >= 11 is 8.09. The van der Waals surface area contributed by atoms with Gasteiger partial charge in [-0.15, -0.1) is 11.3 Å². The van der Waals surface area contributed by atoms with Gasteiger partial charge in [0, 0.05) is 26.0 Å². The van der Waals surface area contributed by atoms with Crippen LogP contribution in [0.25, 0.3) is 6.08 Å². The maximum absolute atomic E-state index is 11.8. The Hall–Kier alpha value is -0.850. The minimum atomic E-state index is -0.0141. The van der Waals surface area contributed by atoms with Crippen molar-refractivity contribution in [3.8, 4) is 0 Å². The number of carbonyl (C=O) groups is 1. The first-order chi connectivity index (χ1) is 7.99. The van der Waals surface area contributed by atoms with Gasteiger partial charge in [-0.3, -0.25) is 9.69 Å². The molecule has 0 spiro atoms. The molecule has 0 unspecified atom stereocenters. The van der Waals surface area contributed by atoms with E-state index in [2.05, 4.69) is 0 Å². The van der Waals surface area contributed by atoms with Crippen LogP contribution in [0.3, 0.4) is 0 Å². The molecule has 0 atom stereocenters. The molecule has 0 bridgehead atoms. The van der Waals surface area contributed by atoms with Crippen LogP contribution in [0.4, 0.5) is 5.00 Å². The second-order valence-corrected chi connectivity index (χ2v) is 6.58. The third-order valence-corrected chi connectivity index (χ3v) is 5.00. The molecule has 2 rings (SSSR count). The number of anilines is 1. The van der Waals surface area contributed by atoms with Crippen molar-refractivity contribution in [1.29, 1.82) is 0 Å². The Balaban J connectivity index is 2.25. The highest BCUT2D eigenvalue weighted by Crippen LogP contribution is 2.34. The summed E-state index contributed by atoms with van der Waals surface area (Å²) in [7, 11) is 5.71. The number of hydrogen-bond donors (Lipinski definition) is 0. The Labute approximate surface area is 114 Å². The van der Waals surface area contributed by atoms with Crippen LogP contribution in [0.15, 0.2) is 17.0 Å². The second kappa shape index (κ2) is 4.80. The number of rotatable bonds is 2. The van der Waals surface area contributed by atoms with Crippen LogP contribution in [0.2, 0.25) is 0 Å². The monoisotopic (exact) mass is 284 g/mol. The van der Waals surface area contributed by atoms with E-state index in [4.69, 9.17) is 12.2 Å². The second-order valence-electron chi connectivity index (χ2n) is 3.81. The van der Waals surface area contributed by atoms with Gasteiger partial charge in [0.25, 0.3) is 5.91 Å². The molecule has 1 fully saturated rings. The lowest BCUT2D eigenvalue weighted by Crippen LogP contribution is -2.22. The van der Waals surface area contributed by atoms with Crippen molar-refractivity contribution in [2.24, 2.45) is 0 Å². The SMILES string of the molecule is CN1C(=O)C(=Cc2ccc(N(C)C)s2)SC1=S. The van der Waals surface area contributed by atoms with Crippen molar-refractivity contribution < 1.29 is 4.79 Å². The number of hydrogen-bond acceptors (Lipinski definition) is 5. The van der Waals surface area contributed by atoms with Crippen molar-refractivity contribution in [3.63, 3.8) is 0 Å². The van der Waals surface area contributed by atoms with Gasteiger partial charge < -0.3 is 4.90 Å². The molecular formula is C11H12N2OS3. The third kappa shape index (κ3) is 2.53. The fourth-order valence-corrected chi connectivity index (χ4v) is 3.45. The van der Waals surface area contributed by atoms with E-state index in [0.717, 1.165) is 4.88 Å². The minimum absolute atomic E-state index is 0.0141. The standard InChI is InChI=1S/C11H12N2OS3/c1-12(2)9-5-4-7(16-9)6-8-10(14)13(3)11(15)17-8/h4-6H,1-3H3. The molecule has 1 aliphatic rings. The van der Waals surface area contributed by atoms with Gasteiger partial charge in [0.2, 0.25) is 0 Å². The van der Waals surface area contributed by atoms with Crippen LogP contribution in [0.5, 0.6) is 0 Å². The molecule has 0 aromatic carbocycles. The van der Waals surface area contributed by atoms with Crippen molar-refractivity contribution in [3.05, 3.63) is 21.9 Å². The number of amides is 1. The summed E-state index contributed by atoms with van der Waals surface area (Å²) in [6, 6.07) is 4.06. The van der Waals surface area contributed by atoms with Crippen molar-refractivity contribution in [2.75, 3.05) is 26.0 Å². The predicted octanol–water partition coefficient (Wildman–Crippen LogP) is 2.65. The van der Waals surface area contributed by atoms with E-state index in [-0.39, 0.29) is 5.91 Å². The lowest BCUT2D eigenvalue weighted by molar-refractivity contribution is -0.121. The average Bonchev–Trinajstić information content (AvgIpc) is 2.82. The van der Waals surface area contributed by atoms with Crippen LogP contribution in [-0.2, 0) is 4.79 Å². The van der Waals surface area contributed by atoms with E-state index in [0.29, 0.717) is 9.23 Å². The third-order valence-electron chi connectivity index (χ3n) is 2.31. The highest BCUT2D eigenvalue weighted by Gasteiger charge is 2.28. The van der Waals surface area contributed by atoms with E-state index in [1.165, 1.54) is 21.7 Å². The summed E-state index contributed by atoms with van der Waals surface area (Å²) in [6.45, 7) is 0. The number of thioether (sulfide) groups is 1. The van der Waals surface area contributed by atoms with E-state index < -0.39 is 0 Å². The van der Waals surface area contributed by atoms with Gasteiger partial charge in [-0.25, -0.2) is 0 Å². The molecule has 0 N–H and O–H groups in total. The van der Waals surface area contributed by atoms with Crippen LogP contribution in [-0.4, -0.2) is 36.3 Å². The summed E-state index contributed by atoms with van der Waals surface area (Å²) in [5.74, 6) is -0.0141. The fraction of sp³-hybridized carbons (Fsp3) is 0.273. The quantitative estimate of drug-likeness (QED) is 0.615. The Morgan fingerprint density at radius 2 is 2.12 bits per heavy atom. The number of carbonyl (C=O) groups excluding carboxylic acids is 1. The van der Waals surface area contributed by atoms with Gasteiger partial charge in [-0.1, -0.05) is 24.0 Å². The molecule has 6 heteroatoms. The molecule has 3 nitrogen and oxygen atoms in total. The molecule has 1 aromatic rings. The van der Waals surface area contributed by atoms with Gasteiger partial charge in [0.15, 0.2) is 0 Å². The summed E-state index contributed by atoms with van der Waals surface area (Å²) in [5.41, 5.74) is 0. The molecular weight excluding hydrogens is 272 g/mol. The van der Waals surface area contributed by atoms with E-state index in [1.807, 2.05) is 37.2 Å². The molecule has 1 aromatic heterocycles. The minimum Gasteiger partial charge on any atom is -0.370 e. The molecule has 2 heterocycles. The largest absolute Gasteiger partial charge is 0.370 e. The van der Waals surface area contributed by atoms with Crippen molar-refractivity contribution in [1.82, 2.24) is 4.90 Å². The molecule has 1 saturated heterocycles. The smallest absolute Gasteiger partial charge is 0.265 e. The van der Waals surface area contributed by atoms with E-state index in [9.17, 15) is 4.79 Å². The first kappa shape index (κ1) is 12.6. The van der Waals surface area contributed by atoms with Gasteiger partial charge in [0.05, 0.1) is 9.91 Å². The van der Waals surface area contributed by atoms with E-state index >= 15 is 0 Å². The predicted molar refractivity (Wildman–Crippen MR) is 79.6 cm³/mol. The number of thiophene rings is 1. The highest BCUT2D eigenvalue weighted by molar-refractivity contribution is 8.26.